The van der Waals surface area contributed by atoms with Crippen LogP contribution in [-0.2, 0) is 19.6 Å². The molecule has 0 aliphatic heterocycles. The van der Waals surface area contributed by atoms with E-state index in [1.165, 1.54) is 43.9 Å². The molecule has 0 bridgehead atoms. The first kappa shape index (κ1) is 34.5. The Morgan fingerprint density at radius 2 is 1.57 bits per heavy atom. The lowest BCUT2D eigenvalue weighted by molar-refractivity contribution is -0.142. The first-order chi connectivity index (χ1) is 21.1. The van der Waals surface area contributed by atoms with Gasteiger partial charge >= 0.3 is 5.97 Å². The molecule has 44 heavy (non-hydrogen) atoms. The largest absolute Gasteiger partial charge is 0.494 e. The maximum Gasteiger partial charge on any atom is 0.325 e. The fourth-order valence-corrected chi connectivity index (χ4v) is 5.77. The van der Waals surface area contributed by atoms with Crippen molar-refractivity contribution in [3.05, 3.63) is 53.3 Å². The number of aromatic nitrogens is 1. The summed E-state index contributed by atoms with van der Waals surface area (Å²) in [5.41, 5.74) is -0.0590. The summed E-state index contributed by atoms with van der Waals surface area (Å²) in [6, 6.07) is 6.55. The molecule has 3 N–H and O–H groups in total. The number of nitrogens with one attached hydrogen (secondary N) is 3. The van der Waals surface area contributed by atoms with Crippen LogP contribution in [0.1, 0.15) is 109 Å². The van der Waals surface area contributed by atoms with E-state index in [0.29, 0.717) is 5.56 Å². The lowest BCUT2D eigenvalue weighted by Crippen LogP contribution is -2.36. The van der Waals surface area contributed by atoms with Gasteiger partial charge in [-0.05, 0) is 49.6 Å². The van der Waals surface area contributed by atoms with Gasteiger partial charge in [0.1, 0.15) is 6.54 Å². The lowest BCUT2D eigenvalue weighted by Gasteiger charge is -2.22. The standard InChI is InChI=1S/C31H42N4O8S/c1-3-4-5-6-7-11-18-43-27(36)21-33-31(39)28-26(42-2)19-23(20-32-28)30(38)35-44(40,41)25-16-14-22(15-17-25)29(37)34-24-12-9-8-10-13-24/h14-17,19-20,24H,3-13,18,21H2,1-2H3,(H,33,39)(H,34,37)(H,35,38). The molecule has 3 amide bonds. The Hall–Kier alpha value is -4.00. The summed E-state index contributed by atoms with van der Waals surface area (Å²) in [5.74, 6) is -2.70. The van der Waals surface area contributed by atoms with Crippen LogP contribution in [-0.4, -0.2) is 63.4 Å². The highest BCUT2D eigenvalue weighted by atomic mass is 32.2. The van der Waals surface area contributed by atoms with Crippen molar-refractivity contribution in [2.75, 3.05) is 20.3 Å². The fourth-order valence-electron chi connectivity index (χ4n) is 4.79. The van der Waals surface area contributed by atoms with Crippen molar-refractivity contribution < 1.29 is 37.1 Å². The normalized spacial score (nSPS) is 13.5. The molecule has 0 atom stereocenters. The molecule has 1 aromatic carbocycles. The molecular formula is C31H42N4O8S. The molecule has 1 aliphatic rings. The van der Waals surface area contributed by atoms with Crippen LogP contribution < -0.4 is 20.1 Å². The minimum Gasteiger partial charge on any atom is -0.494 e. The van der Waals surface area contributed by atoms with Crippen LogP contribution in [0.25, 0.3) is 0 Å². The minimum absolute atomic E-state index is 0.0960. The van der Waals surface area contributed by atoms with Crippen molar-refractivity contribution >= 4 is 33.7 Å². The molecule has 0 unspecified atom stereocenters. The van der Waals surface area contributed by atoms with Crippen molar-refractivity contribution in [1.29, 1.82) is 0 Å². The number of carbonyl (C=O) groups excluding carboxylic acids is 4. The summed E-state index contributed by atoms with van der Waals surface area (Å²) in [6.45, 7) is 2.04. The number of rotatable bonds is 16. The van der Waals surface area contributed by atoms with E-state index in [4.69, 9.17) is 9.47 Å². The van der Waals surface area contributed by atoms with E-state index >= 15 is 0 Å². The number of hydrogen-bond donors (Lipinski definition) is 3. The van der Waals surface area contributed by atoms with Gasteiger partial charge in [0.15, 0.2) is 11.4 Å². The fraction of sp³-hybridized carbons (Fsp3) is 0.516. The molecule has 0 radical (unpaired) electrons. The maximum absolute atomic E-state index is 12.9. The topological polar surface area (TPSA) is 170 Å². The summed E-state index contributed by atoms with van der Waals surface area (Å²) >= 11 is 0. The van der Waals surface area contributed by atoms with Crippen LogP contribution in [0.4, 0.5) is 0 Å². The van der Waals surface area contributed by atoms with Gasteiger partial charge in [-0.25, -0.2) is 18.1 Å². The number of ether oxygens (including phenoxy) is 2. The molecule has 0 spiro atoms. The summed E-state index contributed by atoms with van der Waals surface area (Å²) in [6.07, 6.45) is 12.4. The number of hydrogen-bond acceptors (Lipinski definition) is 9. The average molecular weight is 631 g/mol. The smallest absolute Gasteiger partial charge is 0.325 e. The molecule has 1 aromatic heterocycles. The molecule has 1 heterocycles. The van der Waals surface area contributed by atoms with Gasteiger partial charge in [-0.2, -0.15) is 0 Å². The number of sulfonamides is 1. The maximum atomic E-state index is 12.9. The highest BCUT2D eigenvalue weighted by Crippen LogP contribution is 2.20. The zero-order valence-corrected chi connectivity index (χ0v) is 26.2. The number of esters is 1. The summed E-state index contributed by atoms with van der Waals surface area (Å²) in [4.78, 5) is 53.6. The highest BCUT2D eigenvalue weighted by Gasteiger charge is 2.23. The van der Waals surface area contributed by atoms with Crippen LogP contribution in [0.2, 0.25) is 0 Å². The van der Waals surface area contributed by atoms with Crippen LogP contribution in [0.15, 0.2) is 41.4 Å². The van der Waals surface area contributed by atoms with E-state index in [1.807, 2.05) is 4.72 Å². The molecule has 13 heteroatoms. The van der Waals surface area contributed by atoms with Gasteiger partial charge in [-0.15, -0.1) is 0 Å². The third-order valence-electron chi connectivity index (χ3n) is 7.30. The molecule has 0 saturated heterocycles. The zero-order valence-electron chi connectivity index (χ0n) is 25.4. The summed E-state index contributed by atoms with van der Waals surface area (Å²) in [7, 11) is -3.03. The predicted molar refractivity (Wildman–Crippen MR) is 163 cm³/mol. The lowest BCUT2D eigenvalue weighted by atomic mass is 9.95. The van der Waals surface area contributed by atoms with Gasteiger partial charge in [-0.1, -0.05) is 58.3 Å². The Morgan fingerprint density at radius 3 is 2.25 bits per heavy atom. The third-order valence-corrected chi connectivity index (χ3v) is 8.65. The van der Waals surface area contributed by atoms with E-state index in [1.54, 1.807) is 0 Å². The number of nitrogens with zero attached hydrogens (tertiary/aromatic N) is 1. The molecule has 1 fully saturated rings. The number of amides is 3. The van der Waals surface area contributed by atoms with Crippen LogP contribution in [0, 0.1) is 0 Å². The summed E-state index contributed by atoms with van der Waals surface area (Å²) in [5, 5.41) is 5.38. The van der Waals surface area contributed by atoms with Crippen molar-refractivity contribution in [2.24, 2.45) is 0 Å². The van der Waals surface area contributed by atoms with Crippen molar-refractivity contribution in [2.45, 2.75) is 88.5 Å². The Kier molecular flexibility index (Phi) is 13.6. The van der Waals surface area contributed by atoms with Gasteiger partial charge in [0, 0.05) is 17.8 Å². The number of unbranched alkanes of at least 4 members (excludes halogenated alkanes) is 5. The predicted octanol–water partition coefficient (Wildman–Crippen LogP) is 3.90. The van der Waals surface area contributed by atoms with Crippen molar-refractivity contribution in [3.8, 4) is 5.75 Å². The molecule has 1 aliphatic carbocycles. The van der Waals surface area contributed by atoms with Crippen LogP contribution in [0.3, 0.4) is 0 Å². The van der Waals surface area contributed by atoms with E-state index in [-0.39, 0.29) is 47.0 Å². The van der Waals surface area contributed by atoms with Gasteiger partial charge in [0.05, 0.1) is 24.2 Å². The van der Waals surface area contributed by atoms with Gasteiger partial charge in [0.25, 0.3) is 27.7 Å². The third kappa shape index (κ3) is 10.6. The van der Waals surface area contributed by atoms with E-state index in [2.05, 4.69) is 22.5 Å². The van der Waals surface area contributed by atoms with Gasteiger partial charge < -0.3 is 20.1 Å². The number of benzene rings is 1. The van der Waals surface area contributed by atoms with Crippen molar-refractivity contribution in [1.82, 2.24) is 20.3 Å². The minimum atomic E-state index is -4.29. The van der Waals surface area contributed by atoms with E-state index < -0.39 is 27.8 Å². The SMILES string of the molecule is CCCCCCCCOC(=O)CNC(=O)c1ncc(C(=O)NS(=O)(=O)c2ccc(C(=O)NC3CCCCC3)cc2)cc1OC. The quantitative estimate of drug-likeness (QED) is 0.184. The van der Waals surface area contributed by atoms with Gasteiger partial charge in [0.2, 0.25) is 0 Å². The molecule has 1 saturated carbocycles. The second kappa shape index (κ2) is 17.3. The second-order valence-corrected chi connectivity index (χ2v) is 12.4. The molecule has 12 nitrogen and oxygen atoms in total. The Labute approximate surface area is 258 Å². The average Bonchev–Trinajstić information content (AvgIpc) is 3.03. The van der Waals surface area contributed by atoms with E-state index in [9.17, 15) is 27.6 Å². The number of pyridine rings is 1. The first-order valence-corrected chi connectivity index (χ1v) is 16.6. The Morgan fingerprint density at radius 1 is 0.886 bits per heavy atom. The Balaban J connectivity index is 1.53. The molecular weight excluding hydrogens is 588 g/mol. The van der Waals surface area contributed by atoms with Gasteiger partial charge in [-0.3, -0.25) is 19.2 Å². The number of methoxy groups -OCH3 is 1. The van der Waals surface area contributed by atoms with Crippen LogP contribution in [0.5, 0.6) is 5.75 Å². The van der Waals surface area contributed by atoms with Crippen LogP contribution >= 0.6 is 0 Å². The zero-order chi connectivity index (χ0) is 32.0. The first-order valence-electron chi connectivity index (χ1n) is 15.1. The molecule has 240 valence electrons. The Bertz CT molecular complexity index is 1390. The van der Waals surface area contributed by atoms with Crippen molar-refractivity contribution in [3.63, 3.8) is 0 Å². The second-order valence-electron chi connectivity index (χ2n) is 10.7. The monoisotopic (exact) mass is 630 g/mol. The summed E-state index contributed by atoms with van der Waals surface area (Å²) < 4.78 is 38.0. The van der Waals surface area contributed by atoms with E-state index in [0.717, 1.165) is 70.4 Å². The number of carbonyl (C=O) groups is 4. The highest BCUT2D eigenvalue weighted by molar-refractivity contribution is 7.90. The molecule has 2 aromatic rings. The molecule has 3 rings (SSSR count).